The van der Waals surface area contributed by atoms with Gasteiger partial charge < -0.3 is 4.90 Å². The Hall–Kier alpha value is -0.880. The van der Waals surface area contributed by atoms with Crippen molar-refractivity contribution in [3.63, 3.8) is 0 Å². The third-order valence-electron chi connectivity index (χ3n) is 4.35. The summed E-state index contributed by atoms with van der Waals surface area (Å²) in [5, 5.41) is 7.19. The molecule has 0 saturated carbocycles. The topological polar surface area (TPSA) is 52.2 Å². The quantitative estimate of drug-likeness (QED) is 0.898. The van der Waals surface area contributed by atoms with Crippen LogP contribution in [-0.2, 0) is 0 Å². The number of hydrogen-bond donors (Lipinski definition) is 1. The maximum Gasteiger partial charge on any atom is 0.275 e. The van der Waals surface area contributed by atoms with E-state index in [1.54, 1.807) is 0 Å². The Bertz CT molecular complexity index is 499. The Morgan fingerprint density at radius 2 is 2.00 bits per heavy atom. The maximum atomic E-state index is 12.7. The van der Waals surface area contributed by atoms with Crippen molar-refractivity contribution in [2.24, 2.45) is 0 Å². The molecule has 1 saturated heterocycles. The van der Waals surface area contributed by atoms with E-state index in [0.717, 1.165) is 23.3 Å². The summed E-state index contributed by atoms with van der Waals surface area (Å²) in [6, 6.07) is 0.544. The minimum absolute atomic E-state index is 0.00692. The fraction of sp³-hybridized carbons (Fsp3) is 0.714. The zero-order chi connectivity index (χ0) is 15.0. The van der Waals surface area contributed by atoms with Gasteiger partial charge in [-0.05, 0) is 42.7 Å². The van der Waals surface area contributed by atoms with Crippen molar-refractivity contribution >= 4 is 21.8 Å². The van der Waals surface area contributed by atoms with E-state index in [1.807, 2.05) is 4.90 Å². The van der Waals surface area contributed by atoms with E-state index >= 15 is 0 Å². The summed E-state index contributed by atoms with van der Waals surface area (Å²) in [5.41, 5.74) is 1.47. The van der Waals surface area contributed by atoms with Gasteiger partial charge in [-0.3, -0.25) is 14.8 Å². The fourth-order valence-electron chi connectivity index (χ4n) is 2.59. The van der Waals surface area contributed by atoms with E-state index < -0.39 is 0 Å². The summed E-state index contributed by atoms with van der Waals surface area (Å²) in [4.78, 5) is 16.9. The van der Waals surface area contributed by atoms with Crippen LogP contribution in [-0.4, -0.2) is 58.1 Å². The van der Waals surface area contributed by atoms with Gasteiger partial charge in [0, 0.05) is 25.2 Å². The number of aromatic amines is 1. The summed E-state index contributed by atoms with van der Waals surface area (Å²) in [6.45, 7) is 10.1. The van der Waals surface area contributed by atoms with E-state index in [1.165, 1.54) is 0 Å². The highest BCUT2D eigenvalue weighted by molar-refractivity contribution is 9.10. The molecule has 1 amide bonds. The van der Waals surface area contributed by atoms with Crippen LogP contribution < -0.4 is 0 Å². The first kappa shape index (κ1) is 15.5. The smallest absolute Gasteiger partial charge is 0.275 e. The first-order valence-electron chi connectivity index (χ1n) is 7.09. The molecule has 2 atom stereocenters. The number of aromatic nitrogens is 2. The third kappa shape index (κ3) is 2.63. The highest BCUT2D eigenvalue weighted by atomic mass is 79.9. The lowest BCUT2D eigenvalue weighted by Crippen LogP contribution is -2.57. The average molecular weight is 343 g/mol. The molecular weight excluding hydrogens is 320 g/mol. The first-order chi connectivity index (χ1) is 9.34. The zero-order valence-electron chi connectivity index (χ0n) is 12.8. The molecule has 0 aliphatic carbocycles. The number of nitrogens with zero attached hydrogens (tertiary/aromatic N) is 3. The number of H-pyrrole nitrogens is 1. The monoisotopic (exact) mass is 342 g/mol. The lowest BCUT2D eigenvalue weighted by molar-refractivity contribution is 0.0358. The molecule has 112 valence electrons. The van der Waals surface area contributed by atoms with Gasteiger partial charge in [-0.15, -0.1) is 0 Å². The van der Waals surface area contributed by atoms with E-state index in [2.05, 4.69) is 65.8 Å². The lowest BCUT2D eigenvalue weighted by Gasteiger charge is -2.43. The minimum Gasteiger partial charge on any atom is -0.332 e. The fourth-order valence-corrected chi connectivity index (χ4v) is 3.39. The van der Waals surface area contributed by atoms with Gasteiger partial charge in [0.2, 0.25) is 0 Å². The second-order valence-electron chi connectivity index (χ2n) is 5.91. The van der Waals surface area contributed by atoms with Crippen LogP contribution in [0.2, 0.25) is 0 Å². The lowest BCUT2D eigenvalue weighted by atomic mass is 10.0. The largest absolute Gasteiger partial charge is 0.332 e. The number of piperazine rings is 1. The van der Waals surface area contributed by atoms with E-state index in [4.69, 9.17) is 0 Å². The number of nitrogens with one attached hydrogen (secondary N) is 1. The summed E-state index contributed by atoms with van der Waals surface area (Å²) >= 11 is 3.51. The second-order valence-corrected chi connectivity index (χ2v) is 6.71. The number of amides is 1. The maximum absolute atomic E-state index is 12.7. The van der Waals surface area contributed by atoms with Gasteiger partial charge in [0.15, 0.2) is 5.69 Å². The van der Waals surface area contributed by atoms with Gasteiger partial charge >= 0.3 is 0 Å². The molecule has 2 rings (SSSR count). The number of hydrogen-bond acceptors (Lipinski definition) is 3. The molecule has 1 aromatic heterocycles. The summed E-state index contributed by atoms with van der Waals surface area (Å²) in [6.07, 6.45) is 0. The molecule has 5 nitrogen and oxygen atoms in total. The molecule has 0 bridgehead atoms. The van der Waals surface area contributed by atoms with Crippen LogP contribution in [0.5, 0.6) is 0 Å². The van der Waals surface area contributed by atoms with Crippen molar-refractivity contribution in [2.45, 2.75) is 45.7 Å². The summed E-state index contributed by atoms with van der Waals surface area (Å²) in [7, 11) is 2.10. The van der Waals surface area contributed by atoms with Crippen LogP contribution in [0.25, 0.3) is 0 Å². The van der Waals surface area contributed by atoms with Crippen molar-refractivity contribution in [2.75, 3.05) is 20.1 Å². The zero-order valence-corrected chi connectivity index (χ0v) is 14.4. The Balaban J connectivity index is 2.24. The Kier molecular flexibility index (Phi) is 4.54. The van der Waals surface area contributed by atoms with Crippen LogP contribution >= 0.6 is 15.9 Å². The molecule has 0 spiro atoms. The van der Waals surface area contributed by atoms with Crippen molar-refractivity contribution in [1.82, 2.24) is 20.0 Å². The second kappa shape index (κ2) is 5.85. The van der Waals surface area contributed by atoms with Gasteiger partial charge in [0.1, 0.15) is 0 Å². The highest BCUT2D eigenvalue weighted by Gasteiger charge is 2.34. The van der Waals surface area contributed by atoms with Gasteiger partial charge in [-0.2, -0.15) is 5.10 Å². The molecule has 1 aromatic rings. The molecule has 2 unspecified atom stereocenters. The SMILES string of the molecule is CC(C)c1[nH]nc(C(=O)N2CCN(C)C(C)C2C)c1Br. The summed E-state index contributed by atoms with van der Waals surface area (Å²) in [5.74, 6) is 0.315. The number of likely N-dealkylation sites (N-methyl/N-ethyl adjacent to an activating group) is 1. The molecular formula is C14H23BrN4O. The minimum atomic E-state index is 0.00692. The Morgan fingerprint density at radius 3 is 2.55 bits per heavy atom. The standard InChI is InChI=1S/C14H23BrN4O/c1-8(2)12-11(15)13(17-16-12)14(20)19-7-6-18(5)9(3)10(19)4/h8-10H,6-7H2,1-5H3,(H,16,17). The number of rotatable bonds is 2. The van der Waals surface area contributed by atoms with Gasteiger partial charge in [0.05, 0.1) is 10.2 Å². The highest BCUT2D eigenvalue weighted by Crippen LogP contribution is 2.27. The normalized spacial score (nSPS) is 24.4. The Morgan fingerprint density at radius 1 is 1.35 bits per heavy atom. The number of carbonyl (C=O) groups is 1. The predicted molar refractivity (Wildman–Crippen MR) is 83.0 cm³/mol. The van der Waals surface area contributed by atoms with Gasteiger partial charge in [-0.25, -0.2) is 0 Å². The average Bonchev–Trinajstić information content (AvgIpc) is 2.77. The van der Waals surface area contributed by atoms with Crippen LogP contribution in [0, 0.1) is 0 Å². The Labute approximate surface area is 128 Å². The molecule has 1 aliphatic rings. The van der Waals surface area contributed by atoms with E-state index in [0.29, 0.717) is 17.7 Å². The molecule has 1 aliphatic heterocycles. The number of carbonyl (C=O) groups excluding carboxylic acids is 1. The molecule has 2 heterocycles. The van der Waals surface area contributed by atoms with Gasteiger partial charge in [0.25, 0.3) is 5.91 Å². The van der Waals surface area contributed by atoms with E-state index in [-0.39, 0.29) is 11.9 Å². The molecule has 0 radical (unpaired) electrons. The van der Waals surface area contributed by atoms with Crippen LogP contribution in [0.3, 0.4) is 0 Å². The predicted octanol–water partition coefficient (Wildman–Crippen LogP) is 2.46. The third-order valence-corrected chi connectivity index (χ3v) is 5.15. The van der Waals surface area contributed by atoms with Crippen LogP contribution in [0.1, 0.15) is 49.8 Å². The molecule has 0 aromatic carbocycles. The van der Waals surface area contributed by atoms with E-state index in [9.17, 15) is 4.79 Å². The van der Waals surface area contributed by atoms with Crippen LogP contribution in [0.4, 0.5) is 0 Å². The molecule has 20 heavy (non-hydrogen) atoms. The van der Waals surface area contributed by atoms with Crippen LogP contribution in [0.15, 0.2) is 4.47 Å². The molecule has 6 heteroatoms. The first-order valence-corrected chi connectivity index (χ1v) is 7.88. The summed E-state index contributed by atoms with van der Waals surface area (Å²) < 4.78 is 0.802. The van der Waals surface area contributed by atoms with Crippen molar-refractivity contribution in [3.8, 4) is 0 Å². The van der Waals surface area contributed by atoms with Crippen molar-refractivity contribution in [3.05, 3.63) is 15.9 Å². The van der Waals surface area contributed by atoms with Gasteiger partial charge in [-0.1, -0.05) is 13.8 Å². The van der Waals surface area contributed by atoms with Crippen molar-refractivity contribution < 1.29 is 4.79 Å². The molecule has 1 fully saturated rings. The number of halogens is 1. The molecule has 1 N–H and O–H groups in total. The van der Waals surface area contributed by atoms with Crippen molar-refractivity contribution in [1.29, 1.82) is 0 Å².